The van der Waals surface area contributed by atoms with Gasteiger partial charge in [-0.2, -0.15) is 0 Å². The van der Waals surface area contributed by atoms with Gasteiger partial charge < -0.3 is 10.6 Å². The molecule has 0 saturated carbocycles. The van der Waals surface area contributed by atoms with Gasteiger partial charge in [0.25, 0.3) is 0 Å². The average Bonchev–Trinajstić information content (AvgIpc) is 2.64. The van der Waals surface area contributed by atoms with Gasteiger partial charge in [-0.05, 0) is 35.7 Å². The van der Waals surface area contributed by atoms with Crippen LogP contribution < -0.4 is 10.6 Å². The molecule has 0 radical (unpaired) electrons. The Balaban J connectivity index is 0.00000364. The highest BCUT2D eigenvalue weighted by molar-refractivity contribution is 14.0. The fourth-order valence-electron chi connectivity index (χ4n) is 2.39. The second-order valence-corrected chi connectivity index (χ2v) is 7.26. The summed E-state index contributed by atoms with van der Waals surface area (Å²) in [6.07, 6.45) is 0.338. The number of nitrogens with zero attached hydrogens (tertiary/aromatic N) is 1. The highest BCUT2D eigenvalue weighted by Crippen LogP contribution is 2.09. The molecule has 2 rings (SSSR count). The van der Waals surface area contributed by atoms with E-state index in [0.717, 1.165) is 17.7 Å². The van der Waals surface area contributed by atoms with Gasteiger partial charge in [-0.25, -0.2) is 8.78 Å². The van der Waals surface area contributed by atoms with E-state index in [0.29, 0.717) is 42.5 Å². The lowest BCUT2D eigenvalue weighted by molar-refractivity contribution is 0.583. The molecule has 0 fully saturated rings. The molecule has 0 aliphatic carbocycles. The van der Waals surface area contributed by atoms with Crippen molar-refractivity contribution in [3.8, 4) is 0 Å². The first kappa shape index (κ1) is 23.5. The number of halogens is 3. The van der Waals surface area contributed by atoms with E-state index in [2.05, 4.69) is 15.6 Å². The standard InChI is InChI=1S/C19H23F2N3OS.HI/c1-22-19(23-10-9-16-13-17(20)7-8-18(16)21)24-11-12-26(25)14-15-5-3-2-4-6-15;/h2-8,13H,9-12,14H2,1H3,(H2,22,23,24);1H. The summed E-state index contributed by atoms with van der Waals surface area (Å²) in [5.74, 6) is 0.678. The summed E-state index contributed by atoms with van der Waals surface area (Å²) < 4.78 is 38.8. The van der Waals surface area contributed by atoms with Crippen molar-refractivity contribution in [2.75, 3.05) is 25.9 Å². The van der Waals surface area contributed by atoms with Gasteiger partial charge in [0.2, 0.25) is 0 Å². The largest absolute Gasteiger partial charge is 0.356 e. The molecular weight excluding hydrogens is 483 g/mol. The second kappa shape index (κ2) is 12.8. The third kappa shape index (κ3) is 8.79. The topological polar surface area (TPSA) is 53.5 Å². The highest BCUT2D eigenvalue weighted by Gasteiger charge is 2.05. The van der Waals surface area contributed by atoms with Crippen LogP contribution in [0.1, 0.15) is 11.1 Å². The van der Waals surface area contributed by atoms with E-state index in [1.807, 2.05) is 30.3 Å². The number of nitrogens with one attached hydrogen (secondary N) is 2. The Morgan fingerprint density at radius 3 is 2.48 bits per heavy atom. The smallest absolute Gasteiger partial charge is 0.191 e. The Kier molecular flexibility index (Phi) is 11.1. The summed E-state index contributed by atoms with van der Waals surface area (Å²) in [4.78, 5) is 4.07. The first-order valence-electron chi connectivity index (χ1n) is 8.36. The van der Waals surface area contributed by atoms with Gasteiger partial charge in [0, 0.05) is 42.4 Å². The molecule has 2 N–H and O–H groups in total. The SMILES string of the molecule is CN=C(NCCc1cc(F)ccc1F)NCCS(=O)Cc1ccccc1.I. The minimum Gasteiger partial charge on any atom is -0.356 e. The lowest BCUT2D eigenvalue weighted by Crippen LogP contribution is -2.40. The van der Waals surface area contributed by atoms with Crippen LogP contribution in [0, 0.1) is 11.6 Å². The zero-order chi connectivity index (χ0) is 18.8. The van der Waals surface area contributed by atoms with Gasteiger partial charge in [-0.3, -0.25) is 9.20 Å². The summed E-state index contributed by atoms with van der Waals surface area (Å²) in [6.45, 7) is 0.917. The van der Waals surface area contributed by atoms with Crippen LogP contribution in [0.2, 0.25) is 0 Å². The Morgan fingerprint density at radius 1 is 1.07 bits per heavy atom. The minimum atomic E-state index is -0.967. The number of guanidine groups is 1. The van der Waals surface area contributed by atoms with E-state index >= 15 is 0 Å². The maximum absolute atomic E-state index is 13.6. The van der Waals surface area contributed by atoms with E-state index in [1.165, 1.54) is 6.07 Å². The van der Waals surface area contributed by atoms with Gasteiger partial charge >= 0.3 is 0 Å². The zero-order valence-electron chi connectivity index (χ0n) is 15.1. The fourth-order valence-corrected chi connectivity index (χ4v) is 3.42. The van der Waals surface area contributed by atoms with Crippen molar-refractivity contribution in [1.29, 1.82) is 0 Å². The summed E-state index contributed by atoms with van der Waals surface area (Å²) in [6, 6.07) is 13.1. The normalized spacial score (nSPS) is 12.2. The molecule has 2 aromatic rings. The van der Waals surface area contributed by atoms with Gasteiger partial charge in [0.15, 0.2) is 5.96 Å². The second-order valence-electron chi connectivity index (χ2n) is 5.69. The predicted molar refractivity (Wildman–Crippen MR) is 118 cm³/mol. The van der Waals surface area contributed by atoms with Gasteiger partial charge in [-0.1, -0.05) is 30.3 Å². The lowest BCUT2D eigenvalue weighted by Gasteiger charge is -2.12. The molecule has 1 unspecified atom stereocenters. The summed E-state index contributed by atoms with van der Waals surface area (Å²) in [5.41, 5.74) is 1.36. The van der Waals surface area contributed by atoms with Crippen molar-refractivity contribution in [1.82, 2.24) is 10.6 Å². The van der Waals surface area contributed by atoms with Crippen molar-refractivity contribution in [2.24, 2.45) is 4.99 Å². The molecule has 4 nitrogen and oxygen atoms in total. The molecule has 0 bridgehead atoms. The first-order valence-corrected chi connectivity index (χ1v) is 9.84. The minimum absolute atomic E-state index is 0. The van der Waals surface area contributed by atoms with E-state index in [4.69, 9.17) is 0 Å². The van der Waals surface area contributed by atoms with Crippen LogP contribution in [0.15, 0.2) is 53.5 Å². The summed E-state index contributed by atoms with van der Waals surface area (Å²) >= 11 is 0. The van der Waals surface area contributed by atoms with Crippen LogP contribution in [0.4, 0.5) is 8.78 Å². The maximum Gasteiger partial charge on any atom is 0.191 e. The average molecular weight is 507 g/mol. The number of hydrogen-bond donors (Lipinski definition) is 2. The third-order valence-corrected chi connectivity index (χ3v) is 5.03. The molecule has 0 spiro atoms. The third-order valence-electron chi connectivity index (χ3n) is 3.71. The first-order chi connectivity index (χ1) is 12.6. The molecular formula is C19H24F2IN3OS. The molecule has 0 aromatic heterocycles. The van der Waals surface area contributed by atoms with Crippen LogP contribution in [-0.2, 0) is 23.0 Å². The van der Waals surface area contributed by atoms with E-state index in [1.54, 1.807) is 7.05 Å². The number of hydrogen-bond acceptors (Lipinski definition) is 2. The van der Waals surface area contributed by atoms with Crippen LogP contribution in [0.5, 0.6) is 0 Å². The highest BCUT2D eigenvalue weighted by atomic mass is 127. The van der Waals surface area contributed by atoms with Crippen LogP contribution in [-0.4, -0.2) is 36.1 Å². The van der Waals surface area contributed by atoms with E-state index < -0.39 is 22.4 Å². The number of benzene rings is 2. The molecule has 1 atom stereocenters. The lowest BCUT2D eigenvalue weighted by atomic mass is 10.1. The molecule has 8 heteroatoms. The van der Waals surface area contributed by atoms with Gasteiger partial charge in [0.05, 0.1) is 0 Å². The Hall–Kier alpha value is -1.55. The maximum atomic E-state index is 13.6. The van der Waals surface area contributed by atoms with Gasteiger partial charge in [-0.15, -0.1) is 24.0 Å². The molecule has 27 heavy (non-hydrogen) atoms. The van der Waals surface area contributed by atoms with Crippen LogP contribution in [0.25, 0.3) is 0 Å². The molecule has 0 heterocycles. The zero-order valence-corrected chi connectivity index (χ0v) is 18.2. The molecule has 148 valence electrons. The van der Waals surface area contributed by atoms with Crippen LogP contribution in [0.3, 0.4) is 0 Å². The quantitative estimate of drug-likeness (QED) is 0.328. The Bertz CT molecular complexity index is 760. The van der Waals surface area contributed by atoms with Crippen molar-refractivity contribution < 1.29 is 13.0 Å². The van der Waals surface area contributed by atoms with E-state index in [9.17, 15) is 13.0 Å². The molecule has 0 aliphatic rings. The van der Waals surface area contributed by atoms with E-state index in [-0.39, 0.29) is 24.0 Å². The molecule has 2 aromatic carbocycles. The Labute approximate surface area is 178 Å². The van der Waals surface area contributed by atoms with Gasteiger partial charge in [0.1, 0.15) is 11.6 Å². The van der Waals surface area contributed by atoms with Crippen molar-refractivity contribution in [3.63, 3.8) is 0 Å². The Morgan fingerprint density at radius 2 is 1.78 bits per heavy atom. The van der Waals surface area contributed by atoms with Crippen molar-refractivity contribution in [3.05, 3.63) is 71.3 Å². The fraction of sp³-hybridized carbons (Fsp3) is 0.316. The summed E-state index contributed by atoms with van der Waals surface area (Å²) in [7, 11) is 0.657. The van der Waals surface area contributed by atoms with Crippen molar-refractivity contribution in [2.45, 2.75) is 12.2 Å². The molecule has 0 saturated heterocycles. The predicted octanol–water partition coefficient (Wildman–Crippen LogP) is 3.24. The van der Waals surface area contributed by atoms with Crippen LogP contribution >= 0.6 is 24.0 Å². The number of aliphatic imine (C=N–C) groups is 1. The molecule has 0 amide bonds. The summed E-state index contributed by atoms with van der Waals surface area (Å²) in [5, 5.41) is 6.12. The van der Waals surface area contributed by atoms with Crippen molar-refractivity contribution >= 4 is 40.7 Å². The monoisotopic (exact) mass is 507 g/mol. The number of rotatable bonds is 8. The molecule has 0 aliphatic heterocycles.